The second kappa shape index (κ2) is 5.04. The van der Waals surface area contributed by atoms with Gasteiger partial charge >= 0.3 is 0 Å². The number of nitrogens with one attached hydrogen (secondary N) is 1. The molecule has 108 valence electrons. The van der Waals surface area contributed by atoms with Crippen molar-refractivity contribution in [2.24, 2.45) is 23.2 Å². The highest BCUT2D eigenvalue weighted by Crippen LogP contribution is 2.60. The van der Waals surface area contributed by atoms with Gasteiger partial charge in [-0.2, -0.15) is 0 Å². The highest BCUT2D eigenvalue weighted by atomic mass is 16.5. The Labute approximate surface area is 117 Å². The summed E-state index contributed by atoms with van der Waals surface area (Å²) in [6.07, 6.45) is 13.5. The molecule has 1 unspecified atom stereocenters. The van der Waals surface area contributed by atoms with Crippen LogP contribution in [-0.2, 0) is 4.74 Å². The van der Waals surface area contributed by atoms with E-state index in [2.05, 4.69) is 5.32 Å². The van der Waals surface area contributed by atoms with Gasteiger partial charge in [0.15, 0.2) is 0 Å². The van der Waals surface area contributed by atoms with Gasteiger partial charge in [0.1, 0.15) is 0 Å². The standard InChI is InChI=1S/C17H29NO/c1-2-16(3-5-18-4-1)19-12-17-9-13-6-14(10-17)8-15(7-13)11-17/h13-16,18H,1-12H2. The lowest BCUT2D eigenvalue weighted by molar-refractivity contribution is -0.113. The fourth-order valence-electron chi connectivity index (χ4n) is 5.92. The maximum atomic E-state index is 6.41. The quantitative estimate of drug-likeness (QED) is 0.843. The summed E-state index contributed by atoms with van der Waals surface area (Å²) >= 11 is 0. The molecule has 4 bridgehead atoms. The van der Waals surface area contributed by atoms with Gasteiger partial charge in [-0.15, -0.1) is 0 Å². The zero-order valence-electron chi connectivity index (χ0n) is 12.2. The predicted octanol–water partition coefficient (Wildman–Crippen LogP) is 3.36. The molecule has 1 heterocycles. The lowest BCUT2D eigenvalue weighted by Gasteiger charge is -2.56. The summed E-state index contributed by atoms with van der Waals surface area (Å²) in [6, 6.07) is 0. The van der Waals surface area contributed by atoms with Gasteiger partial charge in [0.25, 0.3) is 0 Å². The molecule has 1 saturated heterocycles. The van der Waals surface area contributed by atoms with Crippen molar-refractivity contribution < 1.29 is 4.74 Å². The molecule has 1 atom stereocenters. The van der Waals surface area contributed by atoms with E-state index in [1.54, 1.807) is 19.3 Å². The average molecular weight is 263 g/mol. The first-order chi connectivity index (χ1) is 9.31. The van der Waals surface area contributed by atoms with Crippen LogP contribution in [0, 0.1) is 23.2 Å². The molecule has 0 aromatic heterocycles. The lowest BCUT2D eigenvalue weighted by Crippen LogP contribution is -2.48. The normalized spacial score (nSPS) is 49.3. The molecule has 19 heavy (non-hydrogen) atoms. The van der Waals surface area contributed by atoms with Gasteiger partial charge in [-0.25, -0.2) is 0 Å². The number of hydrogen-bond donors (Lipinski definition) is 1. The first-order valence-corrected chi connectivity index (χ1v) is 8.64. The van der Waals surface area contributed by atoms with E-state index in [0.717, 1.165) is 30.9 Å². The van der Waals surface area contributed by atoms with E-state index >= 15 is 0 Å². The van der Waals surface area contributed by atoms with Crippen molar-refractivity contribution in [2.75, 3.05) is 19.7 Å². The Bertz CT molecular complexity index is 284. The van der Waals surface area contributed by atoms with Crippen LogP contribution in [0.3, 0.4) is 0 Å². The first-order valence-electron chi connectivity index (χ1n) is 8.64. The van der Waals surface area contributed by atoms with Crippen LogP contribution in [0.4, 0.5) is 0 Å². The van der Waals surface area contributed by atoms with Crippen molar-refractivity contribution in [3.8, 4) is 0 Å². The van der Waals surface area contributed by atoms with E-state index in [4.69, 9.17) is 4.74 Å². The molecular weight excluding hydrogens is 234 g/mol. The van der Waals surface area contributed by atoms with Crippen LogP contribution >= 0.6 is 0 Å². The summed E-state index contributed by atoms with van der Waals surface area (Å²) in [5, 5.41) is 3.49. The monoisotopic (exact) mass is 263 g/mol. The van der Waals surface area contributed by atoms with Crippen LogP contribution in [0.1, 0.15) is 57.8 Å². The molecule has 0 aromatic rings. The van der Waals surface area contributed by atoms with E-state index in [1.807, 2.05) is 0 Å². The third kappa shape index (κ3) is 2.58. The minimum Gasteiger partial charge on any atom is -0.378 e. The molecule has 1 aliphatic heterocycles. The Kier molecular flexibility index (Phi) is 3.35. The van der Waals surface area contributed by atoms with Gasteiger partial charge in [0.05, 0.1) is 12.7 Å². The molecule has 4 saturated carbocycles. The zero-order valence-corrected chi connectivity index (χ0v) is 12.2. The van der Waals surface area contributed by atoms with Crippen molar-refractivity contribution in [1.82, 2.24) is 5.32 Å². The Morgan fingerprint density at radius 3 is 2.26 bits per heavy atom. The van der Waals surface area contributed by atoms with Crippen LogP contribution in [0.2, 0.25) is 0 Å². The molecule has 0 aromatic carbocycles. The van der Waals surface area contributed by atoms with Gasteiger partial charge in [-0.05, 0) is 94.0 Å². The summed E-state index contributed by atoms with van der Waals surface area (Å²) in [5.41, 5.74) is 0.606. The molecular formula is C17H29NO. The SMILES string of the molecule is C1CNCCC(OCC23CC4CC(CC(C4)C2)C3)C1. The van der Waals surface area contributed by atoms with Gasteiger partial charge in [-0.1, -0.05) is 0 Å². The second-order valence-electron chi connectivity index (χ2n) is 8.03. The molecule has 2 heteroatoms. The van der Waals surface area contributed by atoms with Crippen molar-refractivity contribution >= 4 is 0 Å². The second-order valence-corrected chi connectivity index (χ2v) is 8.03. The van der Waals surface area contributed by atoms with Crippen LogP contribution in [0.25, 0.3) is 0 Å². The van der Waals surface area contributed by atoms with Crippen LogP contribution < -0.4 is 5.32 Å². The smallest absolute Gasteiger partial charge is 0.0588 e. The molecule has 5 aliphatic rings. The molecule has 0 amide bonds. The third-order valence-corrected chi connectivity index (χ3v) is 6.31. The molecule has 2 nitrogen and oxygen atoms in total. The first kappa shape index (κ1) is 12.6. The number of hydrogen-bond acceptors (Lipinski definition) is 2. The van der Waals surface area contributed by atoms with Crippen LogP contribution in [0.15, 0.2) is 0 Å². The minimum absolute atomic E-state index is 0.544. The van der Waals surface area contributed by atoms with E-state index in [9.17, 15) is 0 Å². The maximum Gasteiger partial charge on any atom is 0.0588 e. The molecule has 5 fully saturated rings. The summed E-state index contributed by atoms with van der Waals surface area (Å²) in [7, 11) is 0. The molecule has 0 radical (unpaired) electrons. The molecule has 1 N–H and O–H groups in total. The Hall–Kier alpha value is -0.0800. The van der Waals surface area contributed by atoms with Crippen LogP contribution in [-0.4, -0.2) is 25.8 Å². The fourth-order valence-corrected chi connectivity index (χ4v) is 5.92. The summed E-state index contributed by atoms with van der Waals surface area (Å²) < 4.78 is 6.41. The lowest BCUT2D eigenvalue weighted by atomic mass is 9.50. The van der Waals surface area contributed by atoms with Gasteiger partial charge < -0.3 is 10.1 Å². The van der Waals surface area contributed by atoms with E-state index in [1.165, 1.54) is 45.1 Å². The third-order valence-electron chi connectivity index (χ3n) is 6.31. The highest BCUT2D eigenvalue weighted by Gasteiger charge is 2.51. The Balaban J connectivity index is 1.36. The van der Waals surface area contributed by atoms with Gasteiger partial charge in [-0.3, -0.25) is 0 Å². The largest absolute Gasteiger partial charge is 0.378 e. The van der Waals surface area contributed by atoms with Crippen molar-refractivity contribution in [1.29, 1.82) is 0 Å². The summed E-state index contributed by atoms with van der Waals surface area (Å²) in [5.74, 6) is 3.18. The summed E-state index contributed by atoms with van der Waals surface area (Å²) in [4.78, 5) is 0. The highest BCUT2D eigenvalue weighted by molar-refractivity contribution is 5.01. The topological polar surface area (TPSA) is 21.3 Å². The molecule has 0 spiro atoms. The minimum atomic E-state index is 0.544. The van der Waals surface area contributed by atoms with Crippen LogP contribution in [0.5, 0.6) is 0 Å². The van der Waals surface area contributed by atoms with Crippen molar-refractivity contribution in [3.63, 3.8) is 0 Å². The van der Waals surface area contributed by atoms with E-state index < -0.39 is 0 Å². The van der Waals surface area contributed by atoms with E-state index in [-0.39, 0.29) is 0 Å². The molecule has 4 aliphatic carbocycles. The summed E-state index contributed by atoms with van der Waals surface area (Å²) in [6.45, 7) is 3.43. The van der Waals surface area contributed by atoms with Gasteiger partial charge in [0.2, 0.25) is 0 Å². The van der Waals surface area contributed by atoms with Crippen molar-refractivity contribution in [2.45, 2.75) is 63.9 Å². The number of ether oxygens (including phenoxy) is 1. The van der Waals surface area contributed by atoms with Crippen molar-refractivity contribution in [3.05, 3.63) is 0 Å². The average Bonchev–Trinajstić information content (AvgIpc) is 2.63. The predicted molar refractivity (Wildman–Crippen MR) is 77.1 cm³/mol. The number of rotatable bonds is 3. The van der Waals surface area contributed by atoms with Gasteiger partial charge in [0, 0.05) is 0 Å². The Morgan fingerprint density at radius 2 is 1.58 bits per heavy atom. The fraction of sp³-hybridized carbons (Fsp3) is 1.00. The molecule has 5 rings (SSSR count). The van der Waals surface area contributed by atoms with E-state index in [0.29, 0.717) is 11.5 Å². The maximum absolute atomic E-state index is 6.41. The zero-order chi connectivity index (χ0) is 12.7. The Morgan fingerprint density at radius 1 is 0.895 bits per heavy atom.